The van der Waals surface area contributed by atoms with Gasteiger partial charge in [-0.1, -0.05) is 30.3 Å². The van der Waals surface area contributed by atoms with Crippen molar-refractivity contribution in [1.29, 1.82) is 0 Å². The molecule has 1 aromatic heterocycles. The van der Waals surface area contributed by atoms with Crippen LogP contribution in [-0.4, -0.2) is 10.1 Å². The highest BCUT2D eigenvalue weighted by Gasteiger charge is 2.11. The van der Waals surface area contributed by atoms with E-state index >= 15 is 0 Å². The summed E-state index contributed by atoms with van der Waals surface area (Å²) in [6, 6.07) is 15.4. The Kier molecular flexibility index (Phi) is 2.54. The summed E-state index contributed by atoms with van der Waals surface area (Å²) < 4.78 is 0. The van der Waals surface area contributed by atoms with Crippen LogP contribution < -0.4 is 5.73 Å². The van der Waals surface area contributed by atoms with Crippen LogP contribution in [0.15, 0.2) is 48.5 Å². The van der Waals surface area contributed by atoms with Crippen molar-refractivity contribution in [3.8, 4) is 17.0 Å². The van der Waals surface area contributed by atoms with Gasteiger partial charge >= 0.3 is 0 Å². The Morgan fingerprint density at radius 2 is 1.83 bits per heavy atom. The molecule has 3 heteroatoms. The Morgan fingerprint density at radius 3 is 2.56 bits per heavy atom. The summed E-state index contributed by atoms with van der Waals surface area (Å²) in [7, 11) is 0. The van der Waals surface area contributed by atoms with Crippen molar-refractivity contribution in [3.63, 3.8) is 0 Å². The number of benzene rings is 2. The number of aromatic amines is 1. The summed E-state index contributed by atoms with van der Waals surface area (Å²) in [5.74, 6) is 0.260. The van der Waals surface area contributed by atoms with Crippen LogP contribution in [0.1, 0.15) is 5.56 Å². The molecule has 90 valence electrons. The first-order chi connectivity index (χ1) is 8.79. The lowest BCUT2D eigenvalue weighted by Crippen LogP contribution is -1.97. The van der Waals surface area contributed by atoms with Crippen LogP contribution in [0, 0.1) is 0 Å². The van der Waals surface area contributed by atoms with Gasteiger partial charge in [-0.2, -0.15) is 0 Å². The lowest BCUT2D eigenvalue weighted by Gasteiger charge is -2.02. The third-order valence-corrected chi connectivity index (χ3v) is 3.16. The summed E-state index contributed by atoms with van der Waals surface area (Å²) in [6.45, 7) is 0.438. The largest absolute Gasteiger partial charge is 0.508 e. The monoisotopic (exact) mass is 238 g/mol. The van der Waals surface area contributed by atoms with E-state index in [1.54, 1.807) is 12.1 Å². The molecule has 0 saturated carbocycles. The van der Waals surface area contributed by atoms with Gasteiger partial charge in [0.1, 0.15) is 5.75 Å². The maximum atomic E-state index is 9.58. The topological polar surface area (TPSA) is 62.0 Å². The number of nitrogens with two attached hydrogens (primary N) is 1. The van der Waals surface area contributed by atoms with Crippen molar-refractivity contribution in [1.82, 2.24) is 4.98 Å². The molecule has 3 aromatic rings. The van der Waals surface area contributed by atoms with Crippen molar-refractivity contribution in [3.05, 3.63) is 54.1 Å². The zero-order valence-corrected chi connectivity index (χ0v) is 9.85. The van der Waals surface area contributed by atoms with Gasteiger partial charge in [-0.15, -0.1) is 0 Å². The van der Waals surface area contributed by atoms with Gasteiger partial charge in [-0.3, -0.25) is 0 Å². The molecule has 0 radical (unpaired) electrons. The molecule has 0 unspecified atom stereocenters. The Morgan fingerprint density at radius 1 is 1.06 bits per heavy atom. The van der Waals surface area contributed by atoms with E-state index in [-0.39, 0.29) is 5.75 Å². The normalized spacial score (nSPS) is 10.9. The van der Waals surface area contributed by atoms with E-state index in [1.165, 1.54) is 0 Å². The minimum atomic E-state index is 0.260. The summed E-state index contributed by atoms with van der Waals surface area (Å²) in [5, 5.41) is 10.6. The number of H-pyrrole nitrogens is 1. The molecular weight excluding hydrogens is 224 g/mol. The highest BCUT2D eigenvalue weighted by atomic mass is 16.3. The average molecular weight is 238 g/mol. The molecular formula is C15H14N2O. The van der Waals surface area contributed by atoms with E-state index in [2.05, 4.69) is 4.98 Å². The van der Waals surface area contributed by atoms with Crippen molar-refractivity contribution in [2.45, 2.75) is 6.54 Å². The second kappa shape index (κ2) is 4.20. The van der Waals surface area contributed by atoms with Crippen LogP contribution in [0.25, 0.3) is 22.2 Å². The fourth-order valence-electron chi connectivity index (χ4n) is 2.30. The van der Waals surface area contributed by atoms with E-state index in [0.717, 1.165) is 27.7 Å². The third kappa shape index (κ3) is 1.65. The minimum Gasteiger partial charge on any atom is -0.508 e. The lowest BCUT2D eigenvalue weighted by molar-refractivity contribution is 0.476. The first kappa shape index (κ1) is 10.9. The molecule has 2 aromatic carbocycles. The van der Waals surface area contributed by atoms with Gasteiger partial charge in [0.15, 0.2) is 0 Å². The molecule has 18 heavy (non-hydrogen) atoms. The van der Waals surface area contributed by atoms with Crippen LogP contribution >= 0.6 is 0 Å². The van der Waals surface area contributed by atoms with Gasteiger partial charge in [0.05, 0.1) is 5.69 Å². The number of phenolic OH excluding ortho intramolecular Hbond substituents is 1. The molecule has 3 nitrogen and oxygen atoms in total. The van der Waals surface area contributed by atoms with Crippen LogP contribution in [0.4, 0.5) is 0 Å². The minimum absolute atomic E-state index is 0.260. The number of aromatic hydroxyl groups is 1. The zero-order chi connectivity index (χ0) is 12.5. The standard InChI is InChI=1S/C15H14N2O/c16-9-13-12-8-11(18)6-7-14(12)17-15(13)10-4-2-1-3-5-10/h1-8,17-18H,9,16H2. The Hall–Kier alpha value is -2.26. The van der Waals surface area contributed by atoms with Gasteiger partial charge in [-0.25, -0.2) is 0 Å². The van der Waals surface area contributed by atoms with E-state index < -0.39 is 0 Å². The summed E-state index contributed by atoms with van der Waals surface area (Å²) in [4.78, 5) is 3.37. The zero-order valence-electron chi connectivity index (χ0n) is 9.85. The Labute approximate surface area is 105 Å². The van der Waals surface area contributed by atoms with E-state index in [4.69, 9.17) is 5.73 Å². The summed E-state index contributed by atoms with van der Waals surface area (Å²) >= 11 is 0. The number of nitrogens with one attached hydrogen (secondary N) is 1. The van der Waals surface area contributed by atoms with Crippen molar-refractivity contribution in [2.75, 3.05) is 0 Å². The van der Waals surface area contributed by atoms with Gasteiger partial charge in [0.2, 0.25) is 0 Å². The summed E-state index contributed by atoms with van der Waals surface area (Å²) in [6.07, 6.45) is 0. The molecule has 0 amide bonds. The molecule has 0 aliphatic heterocycles. The number of hydrogen-bond donors (Lipinski definition) is 3. The maximum Gasteiger partial charge on any atom is 0.116 e. The van der Waals surface area contributed by atoms with Crippen molar-refractivity contribution < 1.29 is 5.11 Å². The predicted octanol–water partition coefficient (Wildman–Crippen LogP) is 3.00. The second-order valence-corrected chi connectivity index (χ2v) is 4.28. The molecule has 1 heterocycles. The molecule has 0 fully saturated rings. The third-order valence-electron chi connectivity index (χ3n) is 3.16. The Balaban J connectivity index is 2.30. The maximum absolute atomic E-state index is 9.58. The van der Waals surface area contributed by atoms with E-state index in [9.17, 15) is 5.11 Å². The number of hydrogen-bond acceptors (Lipinski definition) is 2. The SMILES string of the molecule is NCc1c(-c2ccccc2)[nH]c2ccc(O)cc12. The van der Waals surface area contributed by atoms with Gasteiger partial charge in [0, 0.05) is 17.4 Å². The molecule has 3 rings (SSSR count). The van der Waals surface area contributed by atoms with Crippen LogP contribution in [-0.2, 0) is 6.54 Å². The van der Waals surface area contributed by atoms with Gasteiger partial charge < -0.3 is 15.8 Å². The first-order valence-electron chi connectivity index (χ1n) is 5.88. The van der Waals surface area contributed by atoms with E-state index in [0.29, 0.717) is 6.54 Å². The van der Waals surface area contributed by atoms with Gasteiger partial charge in [0.25, 0.3) is 0 Å². The molecule has 0 saturated heterocycles. The quantitative estimate of drug-likeness (QED) is 0.642. The second-order valence-electron chi connectivity index (χ2n) is 4.28. The van der Waals surface area contributed by atoms with Gasteiger partial charge in [-0.05, 0) is 29.3 Å². The van der Waals surface area contributed by atoms with Crippen LogP contribution in [0.2, 0.25) is 0 Å². The fourth-order valence-corrected chi connectivity index (χ4v) is 2.30. The number of aromatic nitrogens is 1. The molecule has 0 aliphatic rings. The average Bonchev–Trinajstić information content (AvgIpc) is 2.77. The van der Waals surface area contributed by atoms with Crippen LogP contribution in [0.3, 0.4) is 0 Å². The fraction of sp³-hybridized carbons (Fsp3) is 0.0667. The summed E-state index contributed by atoms with van der Waals surface area (Å²) in [5.41, 5.74) is 10.0. The van der Waals surface area contributed by atoms with Crippen molar-refractivity contribution >= 4 is 10.9 Å². The van der Waals surface area contributed by atoms with Crippen LogP contribution in [0.5, 0.6) is 5.75 Å². The molecule has 0 atom stereocenters. The van der Waals surface area contributed by atoms with E-state index in [1.807, 2.05) is 36.4 Å². The number of rotatable bonds is 2. The molecule has 0 spiro atoms. The van der Waals surface area contributed by atoms with Crippen molar-refractivity contribution in [2.24, 2.45) is 5.73 Å². The highest BCUT2D eigenvalue weighted by Crippen LogP contribution is 2.31. The predicted molar refractivity (Wildman–Crippen MR) is 73.3 cm³/mol. The number of phenols is 1. The molecule has 0 bridgehead atoms. The molecule has 0 aliphatic carbocycles. The lowest BCUT2D eigenvalue weighted by atomic mass is 10.1. The smallest absolute Gasteiger partial charge is 0.116 e. The Bertz CT molecular complexity index is 686. The number of fused-ring (bicyclic) bond motifs is 1. The molecule has 4 N–H and O–H groups in total. The highest BCUT2D eigenvalue weighted by molar-refractivity contribution is 5.91. The first-order valence-corrected chi connectivity index (χ1v) is 5.88.